The lowest BCUT2D eigenvalue weighted by Crippen LogP contribution is -2.52. The SMILES string of the molecule is O=C1C[C@H](N2C(=O)[C@H]3CC=CC[C@@H]3C2=O)[C@H]2CO[C@H]1O2. The third-order valence-corrected chi connectivity index (χ3v) is 4.69. The molecule has 0 saturated carbocycles. The quantitative estimate of drug-likeness (QED) is 0.499. The molecule has 0 unspecified atom stereocenters. The molecule has 0 radical (unpaired) electrons. The number of hydrogen-bond donors (Lipinski definition) is 0. The normalized spacial score (nSPS) is 43.3. The minimum atomic E-state index is -0.798. The Bertz CT molecular complexity index is 502. The first-order chi connectivity index (χ1) is 9.66. The van der Waals surface area contributed by atoms with Crippen LogP contribution in [0, 0.1) is 11.8 Å². The summed E-state index contributed by atoms with van der Waals surface area (Å²) < 4.78 is 10.7. The molecule has 0 spiro atoms. The minimum absolute atomic E-state index is 0.152. The first kappa shape index (κ1) is 12.2. The van der Waals surface area contributed by atoms with Gasteiger partial charge in [-0.3, -0.25) is 19.3 Å². The number of hydrogen-bond acceptors (Lipinski definition) is 5. The third-order valence-electron chi connectivity index (χ3n) is 4.69. The predicted octanol–water partition coefficient (Wildman–Crippen LogP) is 0.0205. The number of carbonyl (C=O) groups excluding carboxylic acids is 3. The molecule has 1 aliphatic carbocycles. The van der Waals surface area contributed by atoms with Crippen LogP contribution in [0.4, 0.5) is 0 Å². The molecule has 0 aromatic rings. The summed E-state index contributed by atoms with van der Waals surface area (Å²) in [4.78, 5) is 38.1. The maximum Gasteiger partial charge on any atom is 0.233 e. The van der Waals surface area contributed by atoms with Gasteiger partial charge in [-0.2, -0.15) is 0 Å². The van der Waals surface area contributed by atoms with Crippen molar-refractivity contribution in [1.29, 1.82) is 0 Å². The van der Waals surface area contributed by atoms with E-state index in [2.05, 4.69) is 0 Å². The van der Waals surface area contributed by atoms with Crippen LogP contribution >= 0.6 is 0 Å². The highest BCUT2D eigenvalue weighted by atomic mass is 16.7. The Labute approximate surface area is 115 Å². The summed E-state index contributed by atoms with van der Waals surface area (Å²) in [7, 11) is 0. The standard InChI is InChI=1S/C14H15NO5/c16-10-5-9(11-6-19-14(10)20-11)15-12(17)7-3-1-2-4-8(7)13(15)18/h1-2,7-9,11,14H,3-6H2/t7-,8-,9-,11+,14-/m0/s1. The highest BCUT2D eigenvalue weighted by molar-refractivity contribution is 6.06. The largest absolute Gasteiger partial charge is 0.343 e. The number of ketones is 1. The number of likely N-dealkylation sites (tertiary alicyclic amines) is 1. The van der Waals surface area contributed by atoms with E-state index in [9.17, 15) is 14.4 Å². The molecule has 0 aromatic heterocycles. The first-order valence-electron chi connectivity index (χ1n) is 6.98. The van der Waals surface area contributed by atoms with Gasteiger partial charge in [-0.25, -0.2) is 0 Å². The van der Waals surface area contributed by atoms with E-state index in [1.54, 1.807) is 0 Å². The second kappa shape index (κ2) is 4.23. The van der Waals surface area contributed by atoms with Gasteiger partial charge in [0.05, 0.1) is 24.5 Å². The molecule has 4 rings (SSSR count). The summed E-state index contributed by atoms with van der Waals surface area (Å²) in [6.45, 7) is 0.270. The van der Waals surface area contributed by atoms with Crippen molar-refractivity contribution >= 4 is 17.6 Å². The molecule has 3 saturated heterocycles. The third kappa shape index (κ3) is 1.55. The Hall–Kier alpha value is -1.53. The Morgan fingerprint density at radius 2 is 1.70 bits per heavy atom. The molecule has 2 amide bonds. The molecule has 6 heteroatoms. The summed E-state index contributed by atoms with van der Waals surface area (Å²) in [5, 5.41) is 0. The van der Waals surface area contributed by atoms with E-state index in [4.69, 9.17) is 9.47 Å². The smallest absolute Gasteiger partial charge is 0.233 e. The number of allylic oxidation sites excluding steroid dienone is 2. The molecule has 2 bridgehead atoms. The minimum Gasteiger partial charge on any atom is -0.343 e. The summed E-state index contributed by atoms with van der Waals surface area (Å²) in [6.07, 6.45) is 4.11. The fraction of sp³-hybridized carbons (Fsp3) is 0.643. The van der Waals surface area contributed by atoms with Crippen molar-refractivity contribution in [3.63, 3.8) is 0 Å². The van der Waals surface area contributed by atoms with E-state index in [1.165, 1.54) is 4.90 Å². The van der Waals surface area contributed by atoms with E-state index >= 15 is 0 Å². The average Bonchev–Trinajstić information content (AvgIpc) is 2.99. The van der Waals surface area contributed by atoms with E-state index in [0.717, 1.165) is 0 Å². The van der Waals surface area contributed by atoms with Gasteiger partial charge in [0, 0.05) is 6.42 Å². The molecule has 6 nitrogen and oxygen atoms in total. The Morgan fingerprint density at radius 3 is 2.35 bits per heavy atom. The molecular weight excluding hydrogens is 262 g/mol. The summed E-state index contributed by atoms with van der Waals surface area (Å²) in [6, 6.07) is -0.494. The number of imide groups is 1. The molecule has 4 aliphatic rings. The second-order valence-electron chi connectivity index (χ2n) is 5.78. The van der Waals surface area contributed by atoms with Crippen molar-refractivity contribution in [3.05, 3.63) is 12.2 Å². The highest BCUT2D eigenvalue weighted by Gasteiger charge is 2.55. The van der Waals surface area contributed by atoms with Crippen LogP contribution in [0.3, 0.4) is 0 Å². The van der Waals surface area contributed by atoms with Crippen molar-refractivity contribution < 1.29 is 23.9 Å². The molecule has 0 aromatic carbocycles. The number of ether oxygens (including phenoxy) is 2. The summed E-state index contributed by atoms with van der Waals surface area (Å²) in [5.74, 6) is -1.02. The number of amides is 2. The van der Waals surface area contributed by atoms with E-state index in [-0.39, 0.29) is 48.6 Å². The van der Waals surface area contributed by atoms with Gasteiger partial charge >= 0.3 is 0 Å². The summed E-state index contributed by atoms with van der Waals surface area (Å²) in [5.41, 5.74) is 0. The Morgan fingerprint density at radius 1 is 1.05 bits per heavy atom. The lowest BCUT2D eigenvalue weighted by Gasteiger charge is -2.32. The number of carbonyl (C=O) groups is 3. The first-order valence-corrected chi connectivity index (χ1v) is 6.98. The fourth-order valence-corrected chi connectivity index (χ4v) is 3.63. The van der Waals surface area contributed by atoms with Crippen LogP contribution in [0.25, 0.3) is 0 Å². The summed E-state index contributed by atoms with van der Waals surface area (Å²) >= 11 is 0. The zero-order chi connectivity index (χ0) is 13.9. The Kier molecular flexibility index (Phi) is 2.59. The number of rotatable bonds is 1. The monoisotopic (exact) mass is 277 g/mol. The number of nitrogens with zero attached hydrogens (tertiary/aromatic N) is 1. The van der Waals surface area contributed by atoms with Crippen LogP contribution in [0.5, 0.6) is 0 Å². The van der Waals surface area contributed by atoms with Crippen LogP contribution in [-0.4, -0.2) is 47.5 Å². The van der Waals surface area contributed by atoms with Crippen molar-refractivity contribution in [2.75, 3.05) is 6.61 Å². The van der Waals surface area contributed by atoms with Crippen LogP contribution in [-0.2, 0) is 23.9 Å². The van der Waals surface area contributed by atoms with Gasteiger partial charge in [0.1, 0.15) is 6.10 Å². The van der Waals surface area contributed by atoms with E-state index < -0.39 is 12.3 Å². The maximum absolute atomic E-state index is 12.5. The molecule has 3 aliphatic heterocycles. The molecule has 3 heterocycles. The molecule has 5 atom stereocenters. The van der Waals surface area contributed by atoms with Crippen molar-refractivity contribution in [2.24, 2.45) is 11.8 Å². The van der Waals surface area contributed by atoms with Crippen LogP contribution in [0.1, 0.15) is 19.3 Å². The molecule has 20 heavy (non-hydrogen) atoms. The van der Waals surface area contributed by atoms with Crippen LogP contribution in [0.15, 0.2) is 12.2 Å². The van der Waals surface area contributed by atoms with Gasteiger partial charge < -0.3 is 9.47 Å². The van der Waals surface area contributed by atoms with Crippen LogP contribution in [0.2, 0.25) is 0 Å². The van der Waals surface area contributed by atoms with E-state index in [1.807, 2.05) is 12.2 Å². The predicted molar refractivity (Wildman–Crippen MR) is 65.2 cm³/mol. The maximum atomic E-state index is 12.5. The fourth-order valence-electron chi connectivity index (χ4n) is 3.63. The van der Waals surface area contributed by atoms with Crippen molar-refractivity contribution in [2.45, 2.75) is 37.7 Å². The molecule has 106 valence electrons. The lowest BCUT2D eigenvalue weighted by molar-refractivity contribution is -0.163. The van der Waals surface area contributed by atoms with Gasteiger partial charge in [0.2, 0.25) is 18.1 Å². The molecule has 3 fully saturated rings. The molecule has 0 N–H and O–H groups in total. The topological polar surface area (TPSA) is 72.9 Å². The zero-order valence-corrected chi connectivity index (χ0v) is 10.9. The van der Waals surface area contributed by atoms with Gasteiger partial charge in [-0.05, 0) is 12.8 Å². The van der Waals surface area contributed by atoms with Crippen molar-refractivity contribution in [3.8, 4) is 0 Å². The lowest BCUT2D eigenvalue weighted by atomic mass is 9.85. The van der Waals surface area contributed by atoms with Gasteiger partial charge in [-0.1, -0.05) is 12.2 Å². The highest BCUT2D eigenvalue weighted by Crippen LogP contribution is 2.39. The van der Waals surface area contributed by atoms with Crippen LogP contribution < -0.4 is 0 Å². The molecular formula is C14H15NO5. The Balaban J connectivity index is 1.64. The van der Waals surface area contributed by atoms with Crippen molar-refractivity contribution in [1.82, 2.24) is 4.90 Å². The van der Waals surface area contributed by atoms with Gasteiger partial charge in [0.15, 0.2) is 5.78 Å². The number of fused-ring (bicyclic) bond motifs is 3. The average molecular weight is 277 g/mol. The number of Topliss-reactive ketones (excluding diaryl/α,β-unsaturated/α-hetero) is 1. The zero-order valence-electron chi connectivity index (χ0n) is 10.9. The van der Waals surface area contributed by atoms with Gasteiger partial charge in [0.25, 0.3) is 0 Å². The van der Waals surface area contributed by atoms with Gasteiger partial charge in [-0.15, -0.1) is 0 Å². The second-order valence-corrected chi connectivity index (χ2v) is 5.78. The van der Waals surface area contributed by atoms with E-state index in [0.29, 0.717) is 12.8 Å².